The fourth-order valence-electron chi connectivity index (χ4n) is 2.58. The molecule has 3 nitrogen and oxygen atoms in total. The lowest BCUT2D eigenvalue weighted by Gasteiger charge is -2.10. The summed E-state index contributed by atoms with van der Waals surface area (Å²) in [7, 11) is 0. The standard InChI is InChI=1S/C22H18N2OS/c23-15-18-14-17(8-13-22(18)24-26-21-11-12-21)16-6-9-20(10-7-16)25-19-4-2-1-3-5-19/h1-10,13-14,21,24H,11-12H2. The molecule has 4 rings (SSSR count). The van der Waals surface area contributed by atoms with E-state index in [2.05, 4.69) is 10.8 Å². The zero-order chi connectivity index (χ0) is 17.8. The molecule has 1 N–H and O–H groups in total. The van der Waals surface area contributed by atoms with E-state index in [0.717, 1.165) is 28.3 Å². The SMILES string of the molecule is N#Cc1cc(-c2ccc(Oc3ccccc3)cc2)ccc1NSC1CC1. The predicted octanol–water partition coefficient (Wildman–Crippen LogP) is 6.24. The number of nitriles is 1. The topological polar surface area (TPSA) is 45.0 Å². The highest BCUT2D eigenvalue weighted by Gasteiger charge is 2.22. The fraction of sp³-hybridized carbons (Fsp3) is 0.136. The van der Waals surface area contributed by atoms with E-state index in [4.69, 9.17) is 4.74 Å². The van der Waals surface area contributed by atoms with Crippen LogP contribution in [0.25, 0.3) is 11.1 Å². The monoisotopic (exact) mass is 358 g/mol. The van der Waals surface area contributed by atoms with Crippen molar-refractivity contribution >= 4 is 17.6 Å². The molecule has 0 unspecified atom stereocenters. The summed E-state index contributed by atoms with van der Waals surface area (Å²) in [5.41, 5.74) is 3.63. The average molecular weight is 358 g/mol. The van der Waals surface area contributed by atoms with Crippen LogP contribution in [0.4, 0.5) is 5.69 Å². The van der Waals surface area contributed by atoms with Crippen LogP contribution in [0.2, 0.25) is 0 Å². The van der Waals surface area contributed by atoms with Gasteiger partial charge in [0.1, 0.15) is 17.6 Å². The van der Waals surface area contributed by atoms with Gasteiger partial charge in [0.15, 0.2) is 0 Å². The van der Waals surface area contributed by atoms with E-state index < -0.39 is 0 Å². The minimum atomic E-state index is 0.667. The summed E-state index contributed by atoms with van der Waals surface area (Å²) in [5, 5.41) is 10.2. The van der Waals surface area contributed by atoms with Gasteiger partial charge in [-0.05, 0) is 72.3 Å². The van der Waals surface area contributed by atoms with E-state index in [0.29, 0.717) is 10.8 Å². The molecule has 0 amide bonds. The molecule has 1 aliphatic carbocycles. The summed E-state index contributed by atoms with van der Waals surface area (Å²) < 4.78 is 9.14. The molecule has 0 atom stereocenters. The molecular weight excluding hydrogens is 340 g/mol. The van der Waals surface area contributed by atoms with Gasteiger partial charge in [0.05, 0.1) is 11.3 Å². The smallest absolute Gasteiger partial charge is 0.127 e. The van der Waals surface area contributed by atoms with Crippen LogP contribution in [-0.2, 0) is 0 Å². The fourth-order valence-corrected chi connectivity index (χ4v) is 3.42. The molecule has 0 aromatic heterocycles. The molecule has 4 heteroatoms. The van der Waals surface area contributed by atoms with Crippen molar-refractivity contribution in [3.63, 3.8) is 0 Å². The first kappa shape index (κ1) is 16.6. The van der Waals surface area contributed by atoms with Crippen molar-refractivity contribution in [1.29, 1.82) is 5.26 Å². The Morgan fingerprint density at radius 1 is 0.885 bits per heavy atom. The maximum atomic E-state index is 9.46. The van der Waals surface area contributed by atoms with Gasteiger partial charge < -0.3 is 9.46 Å². The maximum Gasteiger partial charge on any atom is 0.127 e. The molecule has 1 aliphatic rings. The quantitative estimate of drug-likeness (QED) is 0.530. The number of nitrogens with one attached hydrogen (secondary N) is 1. The molecule has 0 saturated heterocycles. The Morgan fingerprint density at radius 3 is 2.27 bits per heavy atom. The highest BCUT2D eigenvalue weighted by molar-refractivity contribution is 8.01. The summed E-state index contributed by atoms with van der Waals surface area (Å²) in [4.78, 5) is 0. The third-order valence-electron chi connectivity index (χ3n) is 4.17. The molecule has 0 spiro atoms. The van der Waals surface area contributed by atoms with E-state index in [-0.39, 0.29) is 0 Å². The van der Waals surface area contributed by atoms with Crippen LogP contribution >= 0.6 is 11.9 Å². The van der Waals surface area contributed by atoms with Gasteiger partial charge in [-0.2, -0.15) is 5.26 Å². The third kappa shape index (κ3) is 4.01. The first-order valence-corrected chi connectivity index (χ1v) is 9.49. The lowest BCUT2D eigenvalue weighted by Crippen LogP contribution is -1.93. The lowest BCUT2D eigenvalue weighted by molar-refractivity contribution is 0.483. The van der Waals surface area contributed by atoms with Gasteiger partial charge in [0.2, 0.25) is 0 Å². The number of rotatable bonds is 6. The van der Waals surface area contributed by atoms with Gasteiger partial charge >= 0.3 is 0 Å². The third-order valence-corrected chi connectivity index (χ3v) is 5.31. The zero-order valence-electron chi connectivity index (χ0n) is 14.2. The normalized spacial score (nSPS) is 13.0. The lowest BCUT2D eigenvalue weighted by atomic mass is 10.0. The minimum absolute atomic E-state index is 0.667. The van der Waals surface area contributed by atoms with Crippen molar-refractivity contribution in [1.82, 2.24) is 0 Å². The van der Waals surface area contributed by atoms with Crippen molar-refractivity contribution < 1.29 is 4.74 Å². The van der Waals surface area contributed by atoms with Crippen LogP contribution in [0.3, 0.4) is 0 Å². The molecule has 0 radical (unpaired) electrons. The molecule has 1 saturated carbocycles. The maximum absolute atomic E-state index is 9.46. The molecule has 0 heterocycles. The van der Waals surface area contributed by atoms with Crippen molar-refractivity contribution in [2.24, 2.45) is 0 Å². The molecule has 0 aliphatic heterocycles. The summed E-state index contributed by atoms with van der Waals surface area (Å²) in [6, 6.07) is 25.9. The van der Waals surface area contributed by atoms with Crippen LogP contribution in [0, 0.1) is 11.3 Å². The highest BCUT2D eigenvalue weighted by atomic mass is 32.2. The van der Waals surface area contributed by atoms with Crippen LogP contribution in [-0.4, -0.2) is 5.25 Å². The molecule has 3 aromatic carbocycles. The van der Waals surface area contributed by atoms with E-state index in [1.165, 1.54) is 12.8 Å². The number of nitrogens with zero attached hydrogens (tertiary/aromatic N) is 1. The van der Waals surface area contributed by atoms with Crippen LogP contribution < -0.4 is 9.46 Å². The number of anilines is 1. The number of hydrogen-bond donors (Lipinski definition) is 1. The number of para-hydroxylation sites is 1. The largest absolute Gasteiger partial charge is 0.457 e. The Bertz CT molecular complexity index is 929. The van der Waals surface area contributed by atoms with Gasteiger partial charge in [-0.25, -0.2) is 0 Å². The van der Waals surface area contributed by atoms with Gasteiger partial charge in [0.25, 0.3) is 0 Å². The van der Waals surface area contributed by atoms with Gasteiger partial charge in [-0.1, -0.05) is 36.4 Å². The Balaban J connectivity index is 1.50. The second kappa shape index (κ2) is 7.55. The Kier molecular flexibility index (Phi) is 4.81. The van der Waals surface area contributed by atoms with Gasteiger partial charge in [-0.3, -0.25) is 0 Å². The highest BCUT2D eigenvalue weighted by Crippen LogP contribution is 2.36. The van der Waals surface area contributed by atoms with Crippen molar-refractivity contribution in [3.05, 3.63) is 78.4 Å². The van der Waals surface area contributed by atoms with E-state index in [9.17, 15) is 5.26 Å². The van der Waals surface area contributed by atoms with Crippen LogP contribution in [0.1, 0.15) is 18.4 Å². The first-order valence-electron chi connectivity index (χ1n) is 8.61. The Morgan fingerprint density at radius 2 is 1.58 bits per heavy atom. The molecule has 3 aromatic rings. The second-order valence-electron chi connectivity index (χ2n) is 6.23. The first-order chi connectivity index (χ1) is 12.8. The molecule has 26 heavy (non-hydrogen) atoms. The average Bonchev–Trinajstić information content (AvgIpc) is 3.52. The molecular formula is C22H18N2OS. The summed E-state index contributed by atoms with van der Waals surface area (Å²) >= 11 is 1.71. The Labute approximate surface area is 157 Å². The molecule has 1 fully saturated rings. The van der Waals surface area contributed by atoms with Crippen LogP contribution in [0.5, 0.6) is 11.5 Å². The van der Waals surface area contributed by atoms with Crippen molar-refractivity contribution in [2.45, 2.75) is 18.1 Å². The molecule has 128 valence electrons. The molecule has 0 bridgehead atoms. The summed E-state index contributed by atoms with van der Waals surface area (Å²) in [6.07, 6.45) is 2.52. The van der Waals surface area contributed by atoms with Gasteiger partial charge in [0, 0.05) is 5.25 Å². The number of hydrogen-bond acceptors (Lipinski definition) is 4. The predicted molar refractivity (Wildman–Crippen MR) is 107 cm³/mol. The second-order valence-corrected chi connectivity index (χ2v) is 7.34. The van der Waals surface area contributed by atoms with Crippen LogP contribution in [0.15, 0.2) is 72.8 Å². The van der Waals surface area contributed by atoms with Crippen molar-refractivity contribution in [2.75, 3.05) is 4.72 Å². The summed E-state index contributed by atoms with van der Waals surface area (Å²) in [6.45, 7) is 0. The minimum Gasteiger partial charge on any atom is -0.457 e. The summed E-state index contributed by atoms with van der Waals surface area (Å²) in [5.74, 6) is 1.61. The number of benzene rings is 3. The van der Waals surface area contributed by atoms with Gasteiger partial charge in [-0.15, -0.1) is 0 Å². The number of ether oxygens (including phenoxy) is 1. The van der Waals surface area contributed by atoms with E-state index in [1.807, 2.05) is 72.8 Å². The zero-order valence-corrected chi connectivity index (χ0v) is 15.0. The Hall–Kier alpha value is -2.90. The van der Waals surface area contributed by atoms with E-state index in [1.54, 1.807) is 11.9 Å². The van der Waals surface area contributed by atoms with Crippen molar-refractivity contribution in [3.8, 4) is 28.7 Å². The van der Waals surface area contributed by atoms with E-state index >= 15 is 0 Å².